The number of nitrogens with zero attached hydrogens (tertiary/aromatic N) is 4. The molecule has 1 spiro atoms. The van der Waals surface area contributed by atoms with E-state index in [1.165, 1.54) is 6.92 Å². The van der Waals surface area contributed by atoms with E-state index in [0.29, 0.717) is 46.0 Å². The van der Waals surface area contributed by atoms with Crippen LogP contribution in [0.4, 0.5) is 15.9 Å². The number of benzene rings is 1. The van der Waals surface area contributed by atoms with Crippen LogP contribution in [0.3, 0.4) is 0 Å². The molecule has 2 aliphatic heterocycles. The Morgan fingerprint density at radius 1 is 1.19 bits per heavy atom. The van der Waals surface area contributed by atoms with Crippen molar-refractivity contribution < 1.29 is 23.5 Å². The van der Waals surface area contributed by atoms with Crippen molar-refractivity contribution in [1.29, 1.82) is 5.41 Å². The maximum Gasteiger partial charge on any atom is 0.248 e. The molecule has 48 heavy (non-hydrogen) atoms. The average molecular weight is 719 g/mol. The SMILES string of the molecule is CC(=O)C(=N)c1cc(-c2cnc(C)nc2)cc(CF)c1NCC(=O)N1[C@H]2C[C@@]3(CCCC=CCOCc4ccc(Br)nc4NC2=O)C[C@@H]13. The van der Waals surface area contributed by atoms with Gasteiger partial charge in [-0.05, 0) is 84.1 Å². The number of piperidine rings is 1. The van der Waals surface area contributed by atoms with E-state index in [1.54, 1.807) is 42.4 Å². The van der Waals surface area contributed by atoms with Crippen molar-refractivity contribution in [2.45, 2.75) is 71.3 Å². The van der Waals surface area contributed by atoms with Crippen LogP contribution in [0.1, 0.15) is 61.5 Å². The minimum absolute atomic E-state index is 0.0998. The van der Waals surface area contributed by atoms with E-state index in [2.05, 4.69) is 47.6 Å². The molecule has 1 saturated carbocycles. The van der Waals surface area contributed by atoms with Crippen molar-refractivity contribution in [3.05, 3.63) is 75.9 Å². The van der Waals surface area contributed by atoms with Crippen LogP contribution in [0.15, 0.2) is 53.4 Å². The van der Waals surface area contributed by atoms with Gasteiger partial charge < -0.3 is 20.3 Å². The second-order valence-electron chi connectivity index (χ2n) is 12.6. The first kappa shape index (κ1) is 33.5. The minimum atomic E-state index is -0.907. The lowest BCUT2D eigenvalue weighted by atomic mass is 9.93. The molecule has 2 aromatic heterocycles. The molecule has 3 aliphatic rings. The number of likely N-dealkylation sites (tertiary alicyclic amines) is 1. The highest BCUT2D eigenvalue weighted by Crippen LogP contribution is 2.62. The van der Waals surface area contributed by atoms with Gasteiger partial charge in [-0.1, -0.05) is 18.2 Å². The van der Waals surface area contributed by atoms with Gasteiger partial charge in [-0.25, -0.2) is 19.3 Å². The zero-order chi connectivity index (χ0) is 34.0. The fraction of sp³-hybridized carbons (Fsp3) is 0.400. The topological polar surface area (TPSA) is 150 Å². The van der Waals surface area contributed by atoms with E-state index in [-0.39, 0.29) is 58.9 Å². The number of nitrogens with one attached hydrogen (secondary N) is 3. The Hall–Kier alpha value is -4.36. The predicted molar refractivity (Wildman–Crippen MR) is 182 cm³/mol. The molecule has 1 aliphatic carbocycles. The van der Waals surface area contributed by atoms with Gasteiger partial charge in [0.1, 0.15) is 34.7 Å². The zero-order valence-electron chi connectivity index (χ0n) is 26.8. The molecule has 3 N–H and O–H groups in total. The Morgan fingerprint density at radius 3 is 2.73 bits per heavy atom. The third kappa shape index (κ3) is 6.93. The van der Waals surface area contributed by atoms with Crippen LogP contribution in [0.2, 0.25) is 0 Å². The van der Waals surface area contributed by atoms with E-state index in [9.17, 15) is 18.8 Å². The molecule has 2 fully saturated rings. The summed E-state index contributed by atoms with van der Waals surface area (Å²) in [5.74, 6) is -0.228. The van der Waals surface area contributed by atoms with E-state index in [4.69, 9.17) is 10.1 Å². The number of rotatable bonds is 7. The third-order valence-corrected chi connectivity index (χ3v) is 9.84. The molecule has 0 radical (unpaired) electrons. The normalized spacial score (nSPS) is 22.1. The lowest BCUT2D eigenvalue weighted by Crippen LogP contribution is -2.47. The van der Waals surface area contributed by atoms with Crippen molar-refractivity contribution in [3.8, 4) is 11.1 Å². The quantitative estimate of drug-likeness (QED) is 0.160. The number of fused-ring (bicyclic) bond motifs is 2. The second-order valence-corrected chi connectivity index (χ2v) is 13.4. The van der Waals surface area contributed by atoms with Gasteiger partial charge in [0.25, 0.3) is 0 Å². The highest BCUT2D eigenvalue weighted by atomic mass is 79.9. The summed E-state index contributed by atoms with van der Waals surface area (Å²) in [5.41, 5.74) is 1.92. The van der Waals surface area contributed by atoms with Gasteiger partial charge in [0.05, 0.1) is 25.4 Å². The van der Waals surface area contributed by atoms with Crippen LogP contribution >= 0.6 is 15.9 Å². The predicted octanol–water partition coefficient (Wildman–Crippen LogP) is 5.70. The molecule has 0 unspecified atom stereocenters. The Balaban J connectivity index is 1.29. The monoisotopic (exact) mass is 717 g/mol. The van der Waals surface area contributed by atoms with Crippen molar-refractivity contribution in [3.63, 3.8) is 0 Å². The molecular weight excluding hydrogens is 681 g/mol. The number of amides is 2. The van der Waals surface area contributed by atoms with Crippen molar-refractivity contribution in [2.75, 3.05) is 23.8 Å². The molecule has 1 aromatic carbocycles. The van der Waals surface area contributed by atoms with E-state index in [0.717, 1.165) is 25.7 Å². The van der Waals surface area contributed by atoms with Gasteiger partial charge >= 0.3 is 0 Å². The molecular formula is C35H37BrFN7O4. The number of halogens is 2. The maximum absolute atomic E-state index is 14.6. The summed E-state index contributed by atoms with van der Waals surface area (Å²) in [6, 6.07) is 6.00. The zero-order valence-corrected chi connectivity index (χ0v) is 28.4. The number of pyridine rings is 1. The first-order chi connectivity index (χ1) is 23.1. The smallest absolute Gasteiger partial charge is 0.248 e. The summed E-state index contributed by atoms with van der Waals surface area (Å²) in [6.45, 7) is 2.56. The molecule has 3 aromatic rings. The Morgan fingerprint density at radius 2 is 1.98 bits per heavy atom. The molecule has 11 nitrogen and oxygen atoms in total. The first-order valence-corrected chi connectivity index (χ1v) is 16.8. The van der Waals surface area contributed by atoms with Crippen LogP contribution in [0.25, 0.3) is 11.1 Å². The van der Waals surface area contributed by atoms with Crippen LogP contribution in [-0.4, -0.2) is 68.4 Å². The second kappa shape index (κ2) is 14.0. The summed E-state index contributed by atoms with van der Waals surface area (Å²) >= 11 is 3.39. The molecule has 3 atom stereocenters. The third-order valence-electron chi connectivity index (χ3n) is 9.39. The minimum Gasteiger partial charge on any atom is -0.375 e. The number of Topliss-reactive ketones (excluding diaryl/α,β-unsaturated/α-hetero) is 1. The standard InChI is InChI=1S/C35H37BrFN7O4/c1-20(45)31(38)26-12-23(25-16-39-21(2)40-17-25)11-24(15-37)32(26)41-18-30(46)44-27-13-35(14-28(35)44)9-5-3-4-6-10-48-19-22-7-8-29(36)42-33(22)43-34(27)47/h4,6-8,11-12,16-17,27-28,38,41H,3,5,9-10,13-15,18-19H2,1-2H3,(H,42,43,47)/t27-,28+,35-/m0/s1. The number of carbonyl (C=O) groups is 3. The van der Waals surface area contributed by atoms with Crippen molar-refractivity contribution in [2.24, 2.45) is 5.41 Å². The number of ketones is 1. The van der Waals surface area contributed by atoms with Gasteiger partial charge in [-0.15, -0.1) is 0 Å². The van der Waals surface area contributed by atoms with E-state index >= 15 is 0 Å². The summed E-state index contributed by atoms with van der Waals surface area (Å²) in [6.07, 6.45) is 11.3. The number of aromatic nitrogens is 3. The fourth-order valence-electron chi connectivity index (χ4n) is 6.83. The highest BCUT2D eigenvalue weighted by molar-refractivity contribution is 9.10. The fourth-order valence-corrected chi connectivity index (χ4v) is 7.14. The molecule has 4 heterocycles. The lowest BCUT2D eigenvalue weighted by molar-refractivity contribution is -0.136. The number of hydrogen-bond donors (Lipinski definition) is 3. The number of hydrogen-bond acceptors (Lipinski definition) is 9. The Kier molecular flexibility index (Phi) is 9.79. The molecule has 2 bridgehead atoms. The van der Waals surface area contributed by atoms with Gasteiger partial charge in [-0.2, -0.15) is 0 Å². The molecule has 1 saturated heterocycles. The molecule has 13 heteroatoms. The van der Waals surface area contributed by atoms with E-state index in [1.807, 2.05) is 12.1 Å². The van der Waals surface area contributed by atoms with Crippen LogP contribution in [0.5, 0.6) is 0 Å². The summed E-state index contributed by atoms with van der Waals surface area (Å²) in [4.78, 5) is 54.9. The lowest BCUT2D eigenvalue weighted by Gasteiger charge is -2.28. The first-order valence-electron chi connectivity index (χ1n) is 16.0. The number of anilines is 2. The largest absolute Gasteiger partial charge is 0.375 e. The average Bonchev–Trinajstić information content (AvgIpc) is 3.67. The summed E-state index contributed by atoms with van der Waals surface area (Å²) in [5, 5.41) is 14.5. The Labute approximate surface area is 286 Å². The molecule has 6 rings (SSSR count). The number of ether oxygens (including phenoxy) is 1. The number of alkyl halides is 1. The maximum atomic E-state index is 14.6. The van der Waals surface area contributed by atoms with Crippen LogP contribution < -0.4 is 10.6 Å². The number of aryl methyl sites for hydroxylation is 1. The van der Waals surface area contributed by atoms with E-state index < -0.39 is 18.5 Å². The van der Waals surface area contributed by atoms with Crippen LogP contribution in [0, 0.1) is 17.7 Å². The van der Waals surface area contributed by atoms with Gasteiger partial charge in [0.2, 0.25) is 11.8 Å². The highest BCUT2D eigenvalue weighted by Gasteiger charge is 2.66. The van der Waals surface area contributed by atoms with Crippen LogP contribution in [-0.2, 0) is 32.4 Å². The summed E-state index contributed by atoms with van der Waals surface area (Å²) < 4.78 is 20.9. The number of carbonyl (C=O) groups excluding carboxylic acids is 3. The molecule has 250 valence electrons. The number of allylic oxidation sites excluding steroid dienone is 1. The molecule has 2 amide bonds. The van der Waals surface area contributed by atoms with Crippen molar-refractivity contribution in [1.82, 2.24) is 19.9 Å². The van der Waals surface area contributed by atoms with Gasteiger partial charge in [0, 0.05) is 47.6 Å². The summed E-state index contributed by atoms with van der Waals surface area (Å²) in [7, 11) is 0. The van der Waals surface area contributed by atoms with Crippen molar-refractivity contribution >= 4 is 50.7 Å². The Bertz CT molecular complexity index is 1800. The van der Waals surface area contributed by atoms with Gasteiger partial charge in [0.15, 0.2) is 5.78 Å². The van der Waals surface area contributed by atoms with Gasteiger partial charge in [-0.3, -0.25) is 19.8 Å².